The van der Waals surface area contributed by atoms with E-state index in [2.05, 4.69) is 106 Å². The molecule has 4 aromatic carbocycles. The van der Waals surface area contributed by atoms with Crippen LogP contribution in [0.25, 0.3) is 21.5 Å². The number of halogens is 2. The van der Waals surface area contributed by atoms with E-state index < -0.39 is 0 Å². The summed E-state index contributed by atoms with van der Waals surface area (Å²) < 4.78 is 0. The quantitative estimate of drug-likeness (QED) is 0.184. The molecule has 26 heavy (non-hydrogen) atoms. The van der Waals surface area contributed by atoms with Gasteiger partial charge in [-0.2, -0.15) is 48.9 Å². The first-order valence-corrected chi connectivity index (χ1v) is 12.0. The zero-order valence-electron chi connectivity index (χ0n) is 15.3. The van der Waals surface area contributed by atoms with Gasteiger partial charge in [-0.05, 0) is 0 Å². The standard InChI is InChI=1S/2C9H7.2C2H5.2ClH.Si.Zr/c2*1-2-5-9-7-3-6-8(9)4-1;2*1-2;;;;/h2*1-7H;2*1H2,2H3;2*1H;;/q4*-1;;;;. The maximum Gasteiger partial charge on any atom is -0.0809 e. The van der Waals surface area contributed by atoms with Gasteiger partial charge in [0.15, 0.2) is 0 Å². The number of rotatable bonds is 0. The molecule has 0 aliphatic rings. The van der Waals surface area contributed by atoms with Gasteiger partial charge in [0.05, 0.1) is 0 Å². The SMILES string of the molecule is Cl.Cl.[CH2-]C.[CH2-]C.[Si]=[Zr].c1ccc2[cH-]ccc2c1.c1ccc2[cH-]ccc2c1. The summed E-state index contributed by atoms with van der Waals surface area (Å²) in [5, 5.41) is 5.32. The van der Waals surface area contributed by atoms with Gasteiger partial charge in [0.2, 0.25) is 0 Å². The summed E-state index contributed by atoms with van der Waals surface area (Å²) in [6.07, 6.45) is 0. The topological polar surface area (TPSA) is 0 Å². The minimum atomic E-state index is 0. The molecule has 0 aliphatic carbocycles. The van der Waals surface area contributed by atoms with Gasteiger partial charge < -0.3 is 13.8 Å². The Labute approximate surface area is 188 Å². The Morgan fingerprint density at radius 2 is 0.923 bits per heavy atom. The molecule has 0 bridgehead atoms. The van der Waals surface area contributed by atoms with E-state index in [1.54, 1.807) is 13.8 Å². The molecule has 0 saturated heterocycles. The molecule has 140 valence electrons. The van der Waals surface area contributed by atoms with Gasteiger partial charge in [-0.15, -0.1) is 84.1 Å². The first kappa shape index (κ1) is 30.1. The first-order valence-electron chi connectivity index (χ1n) is 7.81. The van der Waals surface area contributed by atoms with Crippen LogP contribution in [0.3, 0.4) is 0 Å². The Morgan fingerprint density at radius 1 is 0.615 bits per heavy atom. The normalized spacial score (nSPS) is 7.65. The second kappa shape index (κ2) is 20.6. The van der Waals surface area contributed by atoms with Gasteiger partial charge in [0.25, 0.3) is 0 Å². The zero-order chi connectivity index (χ0) is 18.2. The van der Waals surface area contributed by atoms with Crippen molar-refractivity contribution in [2.75, 3.05) is 0 Å². The zero-order valence-corrected chi connectivity index (χ0v) is 20.4. The molecular weight excluding hydrogens is 454 g/mol. The Kier molecular flexibility index (Phi) is 23.9. The monoisotopic (exact) mass is 478 g/mol. The van der Waals surface area contributed by atoms with Crippen molar-refractivity contribution in [3.05, 3.63) is 98.8 Å². The van der Waals surface area contributed by atoms with Crippen LogP contribution in [0, 0.1) is 13.8 Å². The minimum Gasteiger partial charge on any atom is -0.168 e. The van der Waals surface area contributed by atoms with E-state index in [1.807, 2.05) is 0 Å². The molecule has 0 aromatic heterocycles. The molecule has 0 fully saturated rings. The first-order chi connectivity index (χ1) is 11.9. The van der Waals surface area contributed by atoms with Crippen LogP contribution in [0.1, 0.15) is 13.8 Å². The van der Waals surface area contributed by atoms with Crippen LogP contribution in [0.2, 0.25) is 0 Å². The van der Waals surface area contributed by atoms with Crippen molar-refractivity contribution in [2.24, 2.45) is 0 Å². The van der Waals surface area contributed by atoms with Gasteiger partial charge in [-0.3, -0.25) is 0 Å². The van der Waals surface area contributed by atoms with Crippen molar-refractivity contribution in [3.8, 4) is 0 Å². The molecule has 0 amide bonds. The van der Waals surface area contributed by atoms with E-state index in [0.717, 1.165) is 0 Å². The van der Waals surface area contributed by atoms with Gasteiger partial charge in [0.1, 0.15) is 0 Å². The van der Waals surface area contributed by atoms with Gasteiger partial charge in [0, 0.05) is 0 Å². The Hall–Kier alpha value is -0.660. The van der Waals surface area contributed by atoms with E-state index in [0.29, 0.717) is 0 Å². The number of hydrogen-bond acceptors (Lipinski definition) is 0. The Bertz CT molecular complexity index is 651. The molecule has 0 N–H and O–H groups in total. The van der Waals surface area contributed by atoms with Crippen LogP contribution in [-0.2, 0) is 23.3 Å². The van der Waals surface area contributed by atoms with Crippen LogP contribution in [0.5, 0.6) is 0 Å². The van der Waals surface area contributed by atoms with E-state index in [1.165, 1.54) is 44.9 Å². The van der Waals surface area contributed by atoms with Gasteiger partial charge >= 0.3 is 30.2 Å². The summed E-state index contributed by atoms with van der Waals surface area (Å²) in [5.41, 5.74) is 0. The van der Waals surface area contributed by atoms with Gasteiger partial charge in [-0.25, -0.2) is 0 Å². The van der Waals surface area contributed by atoms with Crippen molar-refractivity contribution >= 4 is 53.2 Å². The largest absolute Gasteiger partial charge is 0.168 e. The van der Waals surface area contributed by atoms with Crippen LogP contribution in [-0.4, -0.2) is 6.88 Å². The summed E-state index contributed by atoms with van der Waals surface area (Å²) in [6, 6.07) is 29.3. The van der Waals surface area contributed by atoms with E-state index in [-0.39, 0.29) is 24.8 Å². The van der Waals surface area contributed by atoms with Crippen LogP contribution in [0.4, 0.5) is 0 Å². The summed E-state index contributed by atoms with van der Waals surface area (Å²) in [6.45, 7) is 13.1. The second-order valence-corrected chi connectivity index (χ2v) is 4.31. The molecule has 0 nitrogen and oxygen atoms in total. The van der Waals surface area contributed by atoms with Crippen molar-refractivity contribution in [1.82, 2.24) is 0 Å². The third-order valence-electron chi connectivity index (χ3n) is 3.10. The molecule has 0 unspecified atom stereocenters. The van der Waals surface area contributed by atoms with Crippen molar-refractivity contribution in [2.45, 2.75) is 13.8 Å². The number of benzene rings is 2. The van der Waals surface area contributed by atoms with Crippen molar-refractivity contribution in [1.29, 1.82) is 0 Å². The van der Waals surface area contributed by atoms with Crippen LogP contribution < -0.4 is 0 Å². The molecule has 4 heteroatoms. The molecule has 2 radical (unpaired) electrons. The van der Waals surface area contributed by atoms with Crippen LogP contribution in [0.15, 0.2) is 84.9 Å². The van der Waals surface area contributed by atoms with Gasteiger partial charge in [-0.1, -0.05) is 12.1 Å². The second-order valence-electron chi connectivity index (χ2n) is 4.31. The average Bonchev–Trinajstić information content (AvgIpc) is 3.36. The Morgan fingerprint density at radius 3 is 1.23 bits per heavy atom. The fourth-order valence-electron chi connectivity index (χ4n) is 2.14. The molecule has 0 atom stereocenters. The molecular formula is C22H26Cl2SiZr-4. The summed E-state index contributed by atoms with van der Waals surface area (Å²) in [7, 11) is 0. The fourth-order valence-corrected chi connectivity index (χ4v) is 2.14. The minimum absolute atomic E-state index is 0. The molecule has 0 spiro atoms. The molecule has 0 aliphatic heterocycles. The molecule has 4 rings (SSSR count). The molecule has 0 saturated carbocycles. The third-order valence-corrected chi connectivity index (χ3v) is 3.10. The third kappa shape index (κ3) is 10.5. The molecule has 0 heterocycles. The smallest absolute Gasteiger partial charge is 0.0809 e. The fraction of sp³-hybridized carbons (Fsp3) is 0.0909. The maximum atomic E-state index is 3.25. The van der Waals surface area contributed by atoms with E-state index in [4.69, 9.17) is 0 Å². The van der Waals surface area contributed by atoms with Crippen LogP contribution >= 0.6 is 24.8 Å². The van der Waals surface area contributed by atoms with Crippen molar-refractivity contribution in [3.63, 3.8) is 0 Å². The predicted molar refractivity (Wildman–Crippen MR) is 121 cm³/mol. The molecule has 4 aromatic rings. The Balaban J connectivity index is -0.000000299. The number of fused-ring (bicyclic) bond motifs is 2. The summed E-state index contributed by atoms with van der Waals surface area (Å²) in [4.78, 5) is 0. The van der Waals surface area contributed by atoms with Crippen molar-refractivity contribution < 1.29 is 23.3 Å². The maximum absolute atomic E-state index is 3.25. The summed E-state index contributed by atoms with van der Waals surface area (Å²) in [5.74, 6) is 0. The predicted octanol–water partition coefficient (Wildman–Crippen LogP) is 7.26. The number of hydrogen-bond donors (Lipinski definition) is 0. The average molecular weight is 481 g/mol. The van der Waals surface area contributed by atoms with E-state index in [9.17, 15) is 0 Å². The van der Waals surface area contributed by atoms with E-state index >= 15 is 0 Å². The summed E-state index contributed by atoms with van der Waals surface area (Å²) >= 11 is 1.36.